The maximum absolute atomic E-state index is 4.71. The van der Waals surface area contributed by atoms with E-state index < -0.39 is 0 Å². The summed E-state index contributed by atoms with van der Waals surface area (Å²) in [5.41, 5.74) is 0. The molecule has 106 valence electrons. The summed E-state index contributed by atoms with van der Waals surface area (Å²) in [5, 5.41) is 0. The highest BCUT2D eigenvalue weighted by atomic mass is 79.9. The van der Waals surface area contributed by atoms with Crippen molar-refractivity contribution in [1.29, 1.82) is 0 Å². The Bertz CT molecular complexity index is 424. The predicted molar refractivity (Wildman–Crippen MR) is 82.6 cm³/mol. The van der Waals surface area contributed by atoms with Gasteiger partial charge in [-0.05, 0) is 35.8 Å². The van der Waals surface area contributed by atoms with E-state index in [9.17, 15) is 0 Å². The van der Waals surface area contributed by atoms with Crippen molar-refractivity contribution in [3.8, 4) is 0 Å². The molecule has 5 heteroatoms. The van der Waals surface area contributed by atoms with Crippen molar-refractivity contribution in [1.82, 2.24) is 14.9 Å². The normalized spacial score (nSPS) is 20.8. The van der Waals surface area contributed by atoms with Crippen LogP contribution in [0.2, 0.25) is 0 Å². The highest BCUT2D eigenvalue weighted by molar-refractivity contribution is 9.10. The van der Waals surface area contributed by atoms with Gasteiger partial charge in [-0.1, -0.05) is 13.8 Å². The Kier molecular flexibility index (Phi) is 5.16. The molecule has 2 heterocycles. The highest BCUT2D eigenvalue weighted by Crippen LogP contribution is 2.21. The minimum absolute atomic E-state index is 0.622. The summed E-state index contributed by atoms with van der Waals surface area (Å²) < 4.78 is 0.896. The number of nitrogens with zero attached hydrogens (tertiary/aromatic N) is 4. The Balaban J connectivity index is 2.17. The van der Waals surface area contributed by atoms with Gasteiger partial charge in [0, 0.05) is 38.2 Å². The van der Waals surface area contributed by atoms with Crippen molar-refractivity contribution >= 4 is 21.7 Å². The van der Waals surface area contributed by atoms with Crippen LogP contribution in [0.15, 0.2) is 10.7 Å². The number of hydrogen-bond donors (Lipinski definition) is 0. The summed E-state index contributed by atoms with van der Waals surface area (Å²) in [5.74, 6) is 2.01. The number of aryl methyl sites for hydroxylation is 1. The van der Waals surface area contributed by atoms with Gasteiger partial charge in [0.25, 0.3) is 0 Å². The van der Waals surface area contributed by atoms with Crippen molar-refractivity contribution in [3.05, 3.63) is 16.5 Å². The standard InChI is InChI=1S/C14H23BrN4/c1-4-6-13-16-12(15)9-14(17-13)19-8-7-18(3)11(5-2)10-19/h9,11H,4-8,10H2,1-3H3. The molecule has 0 bridgehead atoms. The Hall–Kier alpha value is -0.680. The van der Waals surface area contributed by atoms with E-state index in [1.807, 2.05) is 6.07 Å². The van der Waals surface area contributed by atoms with E-state index in [1.165, 1.54) is 6.42 Å². The fourth-order valence-corrected chi connectivity index (χ4v) is 2.95. The summed E-state index contributed by atoms with van der Waals surface area (Å²) >= 11 is 3.51. The molecule has 1 saturated heterocycles. The third-order valence-corrected chi connectivity index (χ3v) is 4.18. The van der Waals surface area contributed by atoms with Gasteiger partial charge in [0.1, 0.15) is 16.2 Å². The highest BCUT2D eigenvalue weighted by Gasteiger charge is 2.24. The van der Waals surface area contributed by atoms with Crippen molar-refractivity contribution in [2.24, 2.45) is 0 Å². The van der Waals surface area contributed by atoms with Gasteiger partial charge < -0.3 is 4.90 Å². The second-order valence-corrected chi connectivity index (χ2v) is 6.02. The molecule has 0 amide bonds. The maximum Gasteiger partial charge on any atom is 0.133 e. The lowest BCUT2D eigenvalue weighted by Gasteiger charge is -2.39. The molecule has 1 aliphatic rings. The van der Waals surface area contributed by atoms with Crippen LogP contribution in [-0.2, 0) is 6.42 Å². The van der Waals surface area contributed by atoms with Gasteiger partial charge >= 0.3 is 0 Å². The molecule has 0 saturated carbocycles. The molecule has 1 aromatic rings. The summed E-state index contributed by atoms with van der Waals surface area (Å²) in [7, 11) is 2.21. The van der Waals surface area contributed by atoms with Gasteiger partial charge in [-0.3, -0.25) is 4.90 Å². The quantitative estimate of drug-likeness (QED) is 0.796. The Labute approximate surface area is 124 Å². The van der Waals surface area contributed by atoms with Gasteiger partial charge in [-0.15, -0.1) is 0 Å². The van der Waals surface area contributed by atoms with Crippen LogP contribution in [0.3, 0.4) is 0 Å². The van der Waals surface area contributed by atoms with Crippen molar-refractivity contribution in [3.63, 3.8) is 0 Å². The minimum Gasteiger partial charge on any atom is -0.354 e. The molecule has 1 fully saturated rings. The van der Waals surface area contributed by atoms with Crippen LogP contribution < -0.4 is 4.90 Å². The van der Waals surface area contributed by atoms with E-state index in [0.29, 0.717) is 6.04 Å². The first-order chi connectivity index (χ1) is 9.13. The third-order valence-electron chi connectivity index (χ3n) is 3.77. The van der Waals surface area contributed by atoms with Crippen LogP contribution in [-0.4, -0.2) is 47.6 Å². The van der Waals surface area contributed by atoms with E-state index in [4.69, 9.17) is 4.98 Å². The molecule has 1 aromatic heterocycles. The van der Waals surface area contributed by atoms with Crippen molar-refractivity contribution in [2.75, 3.05) is 31.6 Å². The lowest BCUT2D eigenvalue weighted by molar-refractivity contribution is 0.213. The number of halogens is 1. The third kappa shape index (κ3) is 3.66. The number of hydrogen-bond acceptors (Lipinski definition) is 4. The van der Waals surface area contributed by atoms with Crippen molar-refractivity contribution in [2.45, 2.75) is 39.2 Å². The van der Waals surface area contributed by atoms with Crippen LogP contribution in [0.5, 0.6) is 0 Å². The number of rotatable bonds is 4. The molecular formula is C14H23BrN4. The largest absolute Gasteiger partial charge is 0.354 e. The van der Waals surface area contributed by atoms with E-state index in [-0.39, 0.29) is 0 Å². The minimum atomic E-state index is 0.622. The van der Waals surface area contributed by atoms with Crippen LogP contribution >= 0.6 is 15.9 Å². The zero-order valence-electron chi connectivity index (χ0n) is 12.1. The molecule has 1 atom stereocenters. The van der Waals surface area contributed by atoms with Gasteiger partial charge in [0.05, 0.1) is 0 Å². The Morgan fingerprint density at radius 2 is 2.11 bits per heavy atom. The average Bonchev–Trinajstić information content (AvgIpc) is 2.39. The molecule has 1 unspecified atom stereocenters. The Morgan fingerprint density at radius 3 is 2.79 bits per heavy atom. The summed E-state index contributed by atoms with van der Waals surface area (Å²) in [6.45, 7) is 7.61. The van der Waals surface area contributed by atoms with E-state index in [2.05, 4.69) is 51.6 Å². The van der Waals surface area contributed by atoms with Gasteiger partial charge in [-0.2, -0.15) is 0 Å². The first-order valence-corrected chi connectivity index (χ1v) is 7.92. The van der Waals surface area contributed by atoms with E-state index in [0.717, 1.165) is 48.7 Å². The van der Waals surface area contributed by atoms with Gasteiger partial charge in [0.2, 0.25) is 0 Å². The SMILES string of the molecule is CCCc1nc(Br)cc(N2CCN(C)C(CC)C2)n1. The van der Waals surface area contributed by atoms with Crippen molar-refractivity contribution < 1.29 is 0 Å². The number of piperazine rings is 1. The molecule has 0 aromatic carbocycles. The smallest absolute Gasteiger partial charge is 0.133 e. The predicted octanol–water partition coefficient (Wildman–Crippen LogP) is 2.72. The fraction of sp³-hybridized carbons (Fsp3) is 0.714. The van der Waals surface area contributed by atoms with Gasteiger partial charge in [-0.25, -0.2) is 9.97 Å². The van der Waals surface area contributed by atoms with Crippen LogP contribution in [0, 0.1) is 0 Å². The molecule has 0 aliphatic carbocycles. The number of likely N-dealkylation sites (N-methyl/N-ethyl adjacent to an activating group) is 1. The van der Waals surface area contributed by atoms with E-state index >= 15 is 0 Å². The van der Waals surface area contributed by atoms with Crippen LogP contribution in [0.4, 0.5) is 5.82 Å². The van der Waals surface area contributed by atoms with Crippen LogP contribution in [0.1, 0.15) is 32.5 Å². The maximum atomic E-state index is 4.71. The zero-order valence-corrected chi connectivity index (χ0v) is 13.7. The molecule has 0 N–H and O–H groups in total. The molecule has 2 rings (SSSR count). The Morgan fingerprint density at radius 1 is 1.32 bits per heavy atom. The molecule has 0 radical (unpaired) electrons. The number of anilines is 1. The summed E-state index contributed by atoms with van der Waals surface area (Å²) in [6, 6.07) is 2.66. The lowest BCUT2D eigenvalue weighted by atomic mass is 10.1. The molecule has 0 spiro atoms. The first-order valence-electron chi connectivity index (χ1n) is 7.12. The zero-order chi connectivity index (χ0) is 13.8. The molecule has 1 aliphatic heterocycles. The topological polar surface area (TPSA) is 32.3 Å². The molecular weight excluding hydrogens is 304 g/mol. The second-order valence-electron chi connectivity index (χ2n) is 5.20. The monoisotopic (exact) mass is 326 g/mol. The fourth-order valence-electron chi connectivity index (χ4n) is 2.54. The lowest BCUT2D eigenvalue weighted by Crippen LogP contribution is -2.51. The van der Waals surface area contributed by atoms with Crippen LogP contribution in [0.25, 0.3) is 0 Å². The molecule has 19 heavy (non-hydrogen) atoms. The average molecular weight is 327 g/mol. The van der Waals surface area contributed by atoms with Gasteiger partial charge in [0.15, 0.2) is 0 Å². The molecule has 4 nitrogen and oxygen atoms in total. The summed E-state index contributed by atoms with van der Waals surface area (Å²) in [4.78, 5) is 14.0. The second kappa shape index (κ2) is 6.66. The summed E-state index contributed by atoms with van der Waals surface area (Å²) in [6.07, 6.45) is 3.20. The number of aromatic nitrogens is 2. The van der Waals surface area contributed by atoms with E-state index in [1.54, 1.807) is 0 Å². The first kappa shape index (κ1) is 14.7.